The first-order valence-corrected chi connectivity index (χ1v) is 12.6. The Kier molecular flexibility index (Phi) is 5.83. The highest BCUT2D eigenvalue weighted by molar-refractivity contribution is 5.46. The van der Waals surface area contributed by atoms with Gasteiger partial charge in [0, 0.05) is 47.7 Å². The number of aliphatic hydroxyl groups is 2. The number of aromatic nitrogens is 2. The summed E-state index contributed by atoms with van der Waals surface area (Å²) in [5.74, 6) is 6.03. The second kappa shape index (κ2) is 8.52. The summed E-state index contributed by atoms with van der Waals surface area (Å²) in [5.41, 5.74) is 2.14. The number of rotatable bonds is 5. The van der Waals surface area contributed by atoms with Crippen molar-refractivity contribution in [3.05, 3.63) is 94.6 Å². The van der Waals surface area contributed by atoms with E-state index in [4.69, 9.17) is 0 Å². The van der Waals surface area contributed by atoms with Crippen LogP contribution in [0.2, 0.25) is 0 Å². The van der Waals surface area contributed by atoms with Crippen LogP contribution in [0.25, 0.3) is 0 Å². The van der Waals surface area contributed by atoms with Crippen molar-refractivity contribution in [2.24, 2.45) is 5.41 Å². The fraction of sp³-hybridized carbons (Fsp3) is 0.419. The molecule has 0 bridgehead atoms. The maximum absolute atomic E-state index is 12.4. The molecule has 0 amide bonds. The van der Waals surface area contributed by atoms with Crippen LogP contribution in [0.5, 0.6) is 0 Å². The Bertz CT molecular complexity index is 1340. The summed E-state index contributed by atoms with van der Waals surface area (Å²) in [4.78, 5) is 11.1. The third-order valence-electron chi connectivity index (χ3n) is 8.10. The van der Waals surface area contributed by atoms with Crippen molar-refractivity contribution in [3.63, 3.8) is 0 Å². The number of hydrogen-bond acceptors (Lipinski definition) is 5. The molecule has 186 valence electrons. The number of likely N-dealkylation sites (tertiary alicyclic amines) is 1. The molecule has 1 saturated carbocycles. The van der Waals surface area contributed by atoms with Gasteiger partial charge in [-0.25, -0.2) is 0 Å². The predicted molar refractivity (Wildman–Crippen MR) is 141 cm³/mol. The van der Waals surface area contributed by atoms with Gasteiger partial charge in [0.05, 0.1) is 5.69 Å². The van der Waals surface area contributed by atoms with Gasteiger partial charge in [0.2, 0.25) is 0 Å². The molecule has 5 nitrogen and oxygen atoms in total. The average Bonchev–Trinajstić information content (AvgIpc) is 3.60. The van der Waals surface area contributed by atoms with Gasteiger partial charge < -0.3 is 15.1 Å². The first-order valence-electron chi connectivity index (χ1n) is 12.6. The van der Waals surface area contributed by atoms with Crippen molar-refractivity contribution in [1.82, 2.24) is 14.9 Å². The van der Waals surface area contributed by atoms with Gasteiger partial charge in [-0.1, -0.05) is 56.0 Å². The smallest absolute Gasteiger partial charge is 0.165 e. The van der Waals surface area contributed by atoms with Crippen LogP contribution in [-0.4, -0.2) is 45.2 Å². The van der Waals surface area contributed by atoms with Crippen LogP contribution in [0.1, 0.15) is 67.3 Å². The van der Waals surface area contributed by atoms with Crippen molar-refractivity contribution in [3.8, 4) is 11.8 Å². The highest BCUT2D eigenvalue weighted by Gasteiger charge is 2.55. The van der Waals surface area contributed by atoms with Crippen LogP contribution in [0.15, 0.2) is 60.9 Å². The molecule has 1 aliphatic heterocycles. The molecular formula is C31H35N3O2. The Morgan fingerprint density at radius 2 is 1.67 bits per heavy atom. The van der Waals surface area contributed by atoms with Crippen molar-refractivity contribution < 1.29 is 10.2 Å². The lowest BCUT2D eigenvalue weighted by Crippen LogP contribution is -2.63. The van der Waals surface area contributed by atoms with Gasteiger partial charge in [-0.05, 0) is 68.5 Å². The molecule has 2 N–H and O–H groups in total. The van der Waals surface area contributed by atoms with Crippen molar-refractivity contribution >= 4 is 0 Å². The lowest BCUT2D eigenvalue weighted by molar-refractivity contribution is -0.127. The summed E-state index contributed by atoms with van der Waals surface area (Å²) in [6.07, 6.45) is 5.84. The number of benzene rings is 1. The second-order valence-electron chi connectivity index (χ2n) is 11.5. The Morgan fingerprint density at radius 1 is 0.972 bits per heavy atom. The zero-order valence-corrected chi connectivity index (χ0v) is 21.8. The monoisotopic (exact) mass is 481 g/mol. The third-order valence-corrected chi connectivity index (χ3v) is 8.10. The normalized spacial score (nSPS) is 21.3. The topological polar surface area (TPSA) is 69.5 Å². The van der Waals surface area contributed by atoms with E-state index in [1.54, 1.807) is 25.4 Å². The molecule has 3 aromatic rings. The summed E-state index contributed by atoms with van der Waals surface area (Å²) in [7, 11) is 2.07. The molecular weight excluding hydrogens is 446 g/mol. The van der Waals surface area contributed by atoms with E-state index < -0.39 is 11.2 Å². The minimum atomic E-state index is -1.41. The average molecular weight is 482 g/mol. The Hall–Kier alpha value is -3.04. The predicted octanol–water partition coefficient (Wildman–Crippen LogP) is 4.28. The van der Waals surface area contributed by atoms with Crippen LogP contribution < -0.4 is 0 Å². The van der Waals surface area contributed by atoms with Gasteiger partial charge in [-0.15, -0.1) is 0 Å². The molecule has 1 aromatic carbocycles. The van der Waals surface area contributed by atoms with Gasteiger partial charge in [-0.3, -0.25) is 9.97 Å². The van der Waals surface area contributed by atoms with Crippen molar-refractivity contribution in [1.29, 1.82) is 0 Å². The summed E-state index contributed by atoms with van der Waals surface area (Å²) < 4.78 is 0. The largest absolute Gasteiger partial charge is 0.380 e. The standard InChI is InChI=1S/C31H35N3O2/c1-22-7-6-8-27(33-22)30(4,35)14-13-23-17-26(19-32-18-23)31(36,29(3)20-34(5)21-29)25-11-9-24(10-12-25)28(2)15-16-28/h6-12,17-19,35-36H,15-16,20-21H2,1-5H3. The van der Waals surface area contributed by atoms with Crippen LogP contribution >= 0.6 is 0 Å². The van der Waals surface area contributed by atoms with Gasteiger partial charge >= 0.3 is 0 Å². The fourth-order valence-electron chi connectivity index (χ4n) is 5.61. The first kappa shape index (κ1) is 24.6. The van der Waals surface area contributed by atoms with E-state index in [1.807, 2.05) is 25.1 Å². The van der Waals surface area contributed by atoms with Gasteiger partial charge in [0.15, 0.2) is 5.60 Å². The molecule has 5 heteroatoms. The molecule has 2 aromatic heterocycles. The Balaban J connectivity index is 1.53. The van der Waals surface area contributed by atoms with Crippen LogP contribution in [0.3, 0.4) is 0 Å². The summed E-state index contributed by atoms with van der Waals surface area (Å²) in [6, 6.07) is 15.9. The van der Waals surface area contributed by atoms with Crippen LogP contribution in [-0.2, 0) is 16.6 Å². The Morgan fingerprint density at radius 3 is 2.28 bits per heavy atom. The van der Waals surface area contributed by atoms with Crippen LogP contribution in [0.4, 0.5) is 0 Å². The molecule has 2 aliphatic rings. The lowest BCUT2D eigenvalue weighted by atomic mass is 9.62. The molecule has 0 spiro atoms. The highest BCUT2D eigenvalue weighted by atomic mass is 16.3. The van der Waals surface area contributed by atoms with E-state index in [0.29, 0.717) is 16.8 Å². The number of nitrogens with zero attached hydrogens (tertiary/aromatic N) is 3. The summed E-state index contributed by atoms with van der Waals surface area (Å²) in [6.45, 7) is 9.50. The molecule has 2 unspecified atom stereocenters. The van der Waals surface area contributed by atoms with E-state index in [-0.39, 0.29) is 10.8 Å². The molecule has 3 heterocycles. The van der Waals surface area contributed by atoms with Gasteiger partial charge in [-0.2, -0.15) is 0 Å². The molecule has 1 saturated heterocycles. The van der Waals surface area contributed by atoms with Gasteiger partial charge in [0.25, 0.3) is 0 Å². The maximum Gasteiger partial charge on any atom is 0.165 e. The van der Waals surface area contributed by atoms with E-state index in [1.165, 1.54) is 18.4 Å². The summed E-state index contributed by atoms with van der Waals surface area (Å²) >= 11 is 0. The van der Waals surface area contributed by atoms with Gasteiger partial charge in [0.1, 0.15) is 5.60 Å². The zero-order valence-electron chi connectivity index (χ0n) is 21.8. The fourth-order valence-corrected chi connectivity index (χ4v) is 5.61. The molecule has 2 fully saturated rings. The van der Waals surface area contributed by atoms with E-state index in [2.05, 4.69) is 71.9 Å². The van der Waals surface area contributed by atoms with E-state index >= 15 is 0 Å². The number of hydrogen-bond donors (Lipinski definition) is 2. The highest BCUT2D eigenvalue weighted by Crippen LogP contribution is 2.51. The minimum absolute atomic E-state index is 0.275. The van der Waals surface area contributed by atoms with E-state index in [9.17, 15) is 10.2 Å². The second-order valence-corrected chi connectivity index (χ2v) is 11.5. The summed E-state index contributed by atoms with van der Waals surface area (Å²) in [5, 5.41) is 23.4. The molecule has 0 radical (unpaired) electrons. The minimum Gasteiger partial charge on any atom is -0.380 e. The number of aryl methyl sites for hydroxylation is 1. The quantitative estimate of drug-likeness (QED) is 0.533. The molecule has 36 heavy (non-hydrogen) atoms. The van der Waals surface area contributed by atoms with E-state index in [0.717, 1.165) is 24.3 Å². The lowest BCUT2D eigenvalue weighted by Gasteiger charge is -2.55. The molecule has 1 aliphatic carbocycles. The van der Waals surface area contributed by atoms with Crippen molar-refractivity contribution in [2.45, 2.75) is 57.2 Å². The van der Waals surface area contributed by atoms with Crippen molar-refractivity contribution in [2.75, 3.05) is 20.1 Å². The number of pyridine rings is 2. The first-order chi connectivity index (χ1) is 17.0. The SMILES string of the molecule is Cc1cccc(C(C)(O)C#Cc2cncc(C(O)(c3ccc(C4(C)CC4)cc3)C3(C)CN(C)C3)c2)n1. The molecule has 2 atom stereocenters. The zero-order chi connectivity index (χ0) is 25.8. The third kappa shape index (κ3) is 4.24. The van der Waals surface area contributed by atoms with Crippen LogP contribution in [0, 0.1) is 24.2 Å². The Labute approximate surface area is 214 Å². The maximum atomic E-state index is 12.4. The molecule has 5 rings (SSSR count).